The van der Waals surface area contributed by atoms with E-state index in [1.807, 2.05) is 24.3 Å². The summed E-state index contributed by atoms with van der Waals surface area (Å²) < 4.78 is 5.24. The maximum Gasteiger partial charge on any atom is 0.245 e. The predicted octanol–water partition coefficient (Wildman–Crippen LogP) is 6.79. The van der Waals surface area contributed by atoms with Gasteiger partial charge in [0.2, 0.25) is 5.91 Å². The summed E-state index contributed by atoms with van der Waals surface area (Å²) in [5, 5.41) is 10.5. The third-order valence-corrected chi connectivity index (χ3v) is 7.21. The molecule has 0 bridgehead atoms. The standard InChI is InChI=1S/C31H39N3O2/c1-4-26(22-32-27-14-16-29(36-3)17-15-27)33-30(35)31(18-6-5-7-19-31)34-28-13-9-12-25(21-28)24-11-8-10-23(2)20-24/h8-17,20-21,26,32,34H,4-7,18-19,22H2,1-3H3,(H,33,35)/t26-/m0/s1. The molecule has 3 N–H and O–H groups in total. The maximum absolute atomic E-state index is 13.8. The number of aryl methyl sites for hydroxylation is 1. The highest BCUT2D eigenvalue weighted by Gasteiger charge is 2.40. The molecule has 1 amide bonds. The molecule has 1 atom stereocenters. The van der Waals surface area contributed by atoms with Crippen molar-refractivity contribution in [3.8, 4) is 16.9 Å². The summed E-state index contributed by atoms with van der Waals surface area (Å²) >= 11 is 0. The van der Waals surface area contributed by atoms with Crippen molar-refractivity contribution in [1.82, 2.24) is 5.32 Å². The highest BCUT2D eigenvalue weighted by atomic mass is 16.5. The maximum atomic E-state index is 13.8. The first-order chi connectivity index (χ1) is 17.5. The van der Waals surface area contributed by atoms with Gasteiger partial charge in [-0.2, -0.15) is 0 Å². The van der Waals surface area contributed by atoms with E-state index in [0.29, 0.717) is 6.54 Å². The van der Waals surface area contributed by atoms with Gasteiger partial charge in [-0.25, -0.2) is 0 Å². The van der Waals surface area contributed by atoms with Crippen molar-refractivity contribution < 1.29 is 9.53 Å². The van der Waals surface area contributed by atoms with Crippen LogP contribution in [0.4, 0.5) is 11.4 Å². The van der Waals surface area contributed by atoms with Gasteiger partial charge in [-0.1, -0.05) is 68.1 Å². The molecule has 36 heavy (non-hydrogen) atoms. The summed E-state index contributed by atoms with van der Waals surface area (Å²) in [4.78, 5) is 13.8. The highest BCUT2D eigenvalue weighted by Crippen LogP contribution is 2.34. The van der Waals surface area contributed by atoms with Crippen LogP contribution in [0.5, 0.6) is 5.75 Å². The zero-order chi connectivity index (χ0) is 25.4. The van der Waals surface area contributed by atoms with Crippen LogP contribution in [0.1, 0.15) is 51.0 Å². The number of amides is 1. The first kappa shape index (κ1) is 25.6. The summed E-state index contributed by atoms with van der Waals surface area (Å²) in [7, 11) is 1.67. The molecule has 190 valence electrons. The summed E-state index contributed by atoms with van der Waals surface area (Å²) in [5.74, 6) is 0.934. The molecular formula is C31H39N3O2. The van der Waals surface area contributed by atoms with E-state index in [2.05, 4.69) is 78.3 Å². The molecule has 1 aliphatic carbocycles. The number of carbonyl (C=O) groups is 1. The molecule has 0 aliphatic heterocycles. The van der Waals surface area contributed by atoms with Crippen LogP contribution in [-0.4, -0.2) is 31.1 Å². The van der Waals surface area contributed by atoms with E-state index in [4.69, 9.17) is 4.74 Å². The fourth-order valence-electron chi connectivity index (χ4n) is 5.01. The van der Waals surface area contributed by atoms with Gasteiger partial charge in [-0.15, -0.1) is 0 Å². The van der Waals surface area contributed by atoms with Crippen LogP contribution in [0.2, 0.25) is 0 Å². The fourth-order valence-corrected chi connectivity index (χ4v) is 5.01. The number of benzene rings is 3. The molecule has 4 rings (SSSR count). The van der Waals surface area contributed by atoms with Gasteiger partial charge in [0.25, 0.3) is 0 Å². The molecule has 3 aromatic carbocycles. The van der Waals surface area contributed by atoms with Crippen LogP contribution in [0, 0.1) is 6.92 Å². The minimum atomic E-state index is -0.586. The third kappa shape index (κ3) is 6.39. The van der Waals surface area contributed by atoms with Crippen molar-refractivity contribution in [2.45, 2.75) is 64.0 Å². The Morgan fingerprint density at radius 2 is 1.61 bits per heavy atom. The predicted molar refractivity (Wildman–Crippen MR) is 150 cm³/mol. The van der Waals surface area contributed by atoms with Gasteiger partial charge in [0.1, 0.15) is 11.3 Å². The summed E-state index contributed by atoms with van der Waals surface area (Å²) in [5.41, 5.74) is 5.01. The first-order valence-corrected chi connectivity index (χ1v) is 13.2. The largest absolute Gasteiger partial charge is 0.497 e. The zero-order valence-electron chi connectivity index (χ0n) is 21.8. The van der Waals surface area contributed by atoms with E-state index in [0.717, 1.165) is 54.8 Å². The number of rotatable bonds is 10. The summed E-state index contributed by atoms with van der Waals surface area (Å²) in [6, 6.07) is 24.9. The van der Waals surface area contributed by atoms with Gasteiger partial charge >= 0.3 is 0 Å². The number of methoxy groups -OCH3 is 1. The fraction of sp³-hybridized carbons (Fsp3) is 0.387. The Kier molecular flexibility index (Phi) is 8.52. The molecule has 1 fully saturated rings. The second-order valence-electron chi connectivity index (χ2n) is 9.91. The Morgan fingerprint density at radius 1 is 0.917 bits per heavy atom. The molecule has 5 nitrogen and oxygen atoms in total. The lowest BCUT2D eigenvalue weighted by atomic mass is 9.80. The second-order valence-corrected chi connectivity index (χ2v) is 9.91. The highest BCUT2D eigenvalue weighted by molar-refractivity contribution is 5.90. The van der Waals surface area contributed by atoms with Gasteiger partial charge in [-0.05, 0) is 73.7 Å². The molecule has 3 aromatic rings. The quantitative estimate of drug-likeness (QED) is 0.296. The molecule has 0 spiro atoms. The minimum Gasteiger partial charge on any atom is -0.497 e. The van der Waals surface area contributed by atoms with Gasteiger partial charge in [0.15, 0.2) is 0 Å². The lowest BCUT2D eigenvalue weighted by Crippen LogP contribution is -2.56. The molecule has 0 saturated heterocycles. The minimum absolute atomic E-state index is 0.0406. The molecule has 0 radical (unpaired) electrons. The van der Waals surface area contributed by atoms with Gasteiger partial charge in [0.05, 0.1) is 7.11 Å². The molecule has 0 aromatic heterocycles. The van der Waals surface area contributed by atoms with E-state index in [-0.39, 0.29) is 11.9 Å². The van der Waals surface area contributed by atoms with E-state index < -0.39 is 5.54 Å². The van der Waals surface area contributed by atoms with Crippen molar-refractivity contribution in [1.29, 1.82) is 0 Å². The van der Waals surface area contributed by atoms with Gasteiger partial charge in [-0.3, -0.25) is 4.79 Å². The number of hydrogen-bond acceptors (Lipinski definition) is 4. The molecule has 5 heteroatoms. The van der Waals surface area contributed by atoms with Crippen LogP contribution in [0.3, 0.4) is 0 Å². The Hall–Kier alpha value is -3.47. The summed E-state index contributed by atoms with van der Waals surface area (Å²) in [6.45, 7) is 4.90. The van der Waals surface area contributed by atoms with Crippen molar-refractivity contribution in [3.05, 3.63) is 78.4 Å². The first-order valence-electron chi connectivity index (χ1n) is 13.2. The lowest BCUT2D eigenvalue weighted by Gasteiger charge is -2.38. The topological polar surface area (TPSA) is 62.4 Å². The Morgan fingerprint density at radius 3 is 2.28 bits per heavy atom. The number of carbonyl (C=O) groups excluding carboxylic acids is 1. The molecule has 0 heterocycles. The van der Waals surface area contributed by atoms with E-state index in [9.17, 15) is 4.79 Å². The van der Waals surface area contributed by atoms with Crippen molar-refractivity contribution >= 4 is 17.3 Å². The summed E-state index contributed by atoms with van der Waals surface area (Å²) in [6.07, 6.45) is 5.83. The molecular weight excluding hydrogens is 446 g/mol. The third-order valence-electron chi connectivity index (χ3n) is 7.21. The Labute approximate surface area is 215 Å². The Balaban J connectivity index is 1.46. The number of nitrogens with one attached hydrogen (secondary N) is 3. The van der Waals surface area contributed by atoms with E-state index >= 15 is 0 Å². The second kappa shape index (κ2) is 12.0. The lowest BCUT2D eigenvalue weighted by molar-refractivity contribution is -0.127. The molecule has 1 aliphatic rings. The number of ether oxygens (including phenoxy) is 1. The van der Waals surface area contributed by atoms with E-state index in [1.165, 1.54) is 17.5 Å². The SMILES string of the molecule is CC[C@@H](CNc1ccc(OC)cc1)NC(=O)C1(Nc2cccc(-c3cccc(C)c3)c2)CCCCC1. The molecule has 0 unspecified atom stereocenters. The van der Waals surface area contributed by atoms with E-state index in [1.54, 1.807) is 7.11 Å². The van der Waals surface area contributed by atoms with Crippen LogP contribution < -0.4 is 20.7 Å². The number of anilines is 2. The van der Waals surface area contributed by atoms with Crippen LogP contribution in [0.25, 0.3) is 11.1 Å². The molecule has 1 saturated carbocycles. The van der Waals surface area contributed by atoms with Crippen molar-refractivity contribution in [2.75, 3.05) is 24.3 Å². The average molecular weight is 486 g/mol. The normalized spacial score (nSPS) is 15.5. The van der Waals surface area contributed by atoms with Gasteiger partial charge in [0, 0.05) is 24.0 Å². The number of hydrogen-bond donors (Lipinski definition) is 3. The van der Waals surface area contributed by atoms with Crippen LogP contribution >= 0.6 is 0 Å². The van der Waals surface area contributed by atoms with Crippen LogP contribution in [-0.2, 0) is 4.79 Å². The van der Waals surface area contributed by atoms with Crippen molar-refractivity contribution in [3.63, 3.8) is 0 Å². The monoisotopic (exact) mass is 485 g/mol. The van der Waals surface area contributed by atoms with Gasteiger partial charge < -0.3 is 20.7 Å². The zero-order valence-corrected chi connectivity index (χ0v) is 21.8. The Bertz CT molecular complexity index is 1140. The van der Waals surface area contributed by atoms with Crippen LogP contribution in [0.15, 0.2) is 72.8 Å². The smallest absolute Gasteiger partial charge is 0.245 e. The average Bonchev–Trinajstić information content (AvgIpc) is 2.92. The van der Waals surface area contributed by atoms with Crippen molar-refractivity contribution in [2.24, 2.45) is 0 Å².